The molecule has 11 heteroatoms. The predicted octanol–water partition coefficient (Wildman–Crippen LogP) is 9.94. The number of amidine groups is 1. The van der Waals surface area contributed by atoms with E-state index < -0.39 is 0 Å². The minimum Gasteiger partial charge on any atom is -0.358 e. The molecule has 3 heterocycles. The lowest BCUT2D eigenvalue weighted by molar-refractivity contribution is 0.101. The first-order chi connectivity index (χ1) is 28.1. The van der Waals surface area contributed by atoms with E-state index in [0.29, 0.717) is 11.4 Å². The minimum atomic E-state index is -0.204. The van der Waals surface area contributed by atoms with Crippen LogP contribution in [0.1, 0.15) is 43.5 Å². The number of nitrogens with one attached hydrogen (secondary N) is 2. The molecule has 0 saturated carbocycles. The van der Waals surface area contributed by atoms with E-state index in [0.717, 1.165) is 90.2 Å². The van der Waals surface area contributed by atoms with Crippen molar-refractivity contribution in [2.75, 3.05) is 30.8 Å². The van der Waals surface area contributed by atoms with Crippen molar-refractivity contribution in [3.05, 3.63) is 178 Å². The number of aryl methyl sites for hydroxylation is 3. The fraction of sp³-hybridized carbons (Fsp3) is 0.128. The number of fused-ring (bicyclic) bond motifs is 2. The Hall–Kier alpha value is -6.85. The van der Waals surface area contributed by atoms with Gasteiger partial charge in [0.25, 0.3) is 11.8 Å². The lowest BCUT2D eigenvalue weighted by atomic mass is 10.1. The molecule has 9 rings (SSSR count). The van der Waals surface area contributed by atoms with Crippen LogP contribution in [0.2, 0.25) is 0 Å². The van der Waals surface area contributed by atoms with Gasteiger partial charge in [-0.1, -0.05) is 76.1 Å². The lowest BCUT2D eigenvalue weighted by Crippen LogP contribution is -2.23. The Balaban J connectivity index is 0.000000165. The first kappa shape index (κ1) is 38.0. The molecule has 0 radical (unpaired) electrons. The Bertz CT molecular complexity index is 2840. The molecule has 1 aliphatic rings. The number of aliphatic imine (C=N–C) groups is 1. The molecule has 0 aliphatic carbocycles. The highest BCUT2D eigenvalue weighted by Crippen LogP contribution is 2.25. The number of rotatable bonds is 7. The fourth-order valence-corrected chi connectivity index (χ4v) is 7.31. The van der Waals surface area contributed by atoms with Crippen molar-refractivity contribution in [1.82, 2.24) is 24.5 Å². The Kier molecular flexibility index (Phi) is 10.7. The van der Waals surface area contributed by atoms with E-state index in [-0.39, 0.29) is 11.8 Å². The third kappa shape index (κ3) is 8.30. The normalized spacial score (nSPS) is 12.3. The van der Waals surface area contributed by atoms with E-state index >= 15 is 0 Å². The molecule has 6 aromatic carbocycles. The summed E-state index contributed by atoms with van der Waals surface area (Å²) in [7, 11) is 2.04. The monoisotopic (exact) mass is 828 g/mol. The molecule has 0 saturated heterocycles. The van der Waals surface area contributed by atoms with Crippen LogP contribution < -0.4 is 10.6 Å². The van der Waals surface area contributed by atoms with Gasteiger partial charge in [0.1, 0.15) is 17.2 Å². The minimum absolute atomic E-state index is 0.178. The molecular formula is C47H41BrN8O2. The van der Waals surface area contributed by atoms with Crippen LogP contribution in [0, 0.1) is 20.8 Å². The number of aromatic nitrogens is 4. The molecular weight excluding hydrogens is 788 g/mol. The summed E-state index contributed by atoms with van der Waals surface area (Å²) >= 11 is 3.51. The van der Waals surface area contributed by atoms with E-state index in [9.17, 15) is 9.59 Å². The average Bonchev–Trinajstić information content (AvgIpc) is 3.96. The second-order valence-electron chi connectivity index (χ2n) is 14.4. The largest absolute Gasteiger partial charge is 0.358 e. The van der Waals surface area contributed by atoms with Gasteiger partial charge in [0.05, 0.1) is 29.3 Å². The molecule has 10 nitrogen and oxygen atoms in total. The van der Waals surface area contributed by atoms with Gasteiger partial charge in [0.15, 0.2) is 0 Å². The van der Waals surface area contributed by atoms with Crippen LogP contribution in [0.4, 0.5) is 11.4 Å². The number of carbonyl (C=O) groups excluding carboxylic acids is 2. The zero-order chi connectivity index (χ0) is 40.3. The second kappa shape index (κ2) is 16.3. The van der Waals surface area contributed by atoms with Gasteiger partial charge in [-0.3, -0.25) is 14.6 Å². The number of hydrogen-bond acceptors (Lipinski definition) is 6. The van der Waals surface area contributed by atoms with Crippen LogP contribution in [0.25, 0.3) is 32.9 Å². The first-order valence-corrected chi connectivity index (χ1v) is 19.7. The molecule has 8 aromatic rings. The maximum absolute atomic E-state index is 13.1. The van der Waals surface area contributed by atoms with Gasteiger partial charge in [-0.15, -0.1) is 0 Å². The van der Waals surface area contributed by atoms with Gasteiger partial charge in [-0.05, 0) is 127 Å². The van der Waals surface area contributed by atoms with Gasteiger partial charge in [-0.2, -0.15) is 10.2 Å². The van der Waals surface area contributed by atoms with Crippen molar-refractivity contribution in [2.24, 2.45) is 4.99 Å². The van der Waals surface area contributed by atoms with E-state index in [4.69, 9.17) is 0 Å². The Morgan fingerprint density at radius 2 is 1.09 bits per heavy atom. The molecule has 2 N–H and O–H groups in total. The number of likely N-dealkylation sites (N-methyl/N-ethyl adjacent to an activating group) is 1. The smallest absolute Gasteiger partial charge is 0.274 e. The number of anilines is 2. The van der Waals surface area contributed by atoms with Gasteiger partial charge >= 0.3 is 0 Å². The van der Waals surface area contributed by atoms with Crippen LogP contribution in [-0.4, -0.2) is 62.2 Å². The first-order valence-electron chi connectivity index (χ1n) is 19.0. The number of amides is 2. The predicted molar refractivity (Wildman–Crippen MR) is 237 cm³/mol. The quantitative estimate of drug-likeness (QED) is 0.166. The second-order valence-corrected chi connectivity index (χ2v) is 15.3. The highest BCUT2D eigenvalue weighted by molar-refractivity contribution is 9.10. The van der Waals surface area contributed by atoms with Crippen LogP contribution in [-0.2, 0) is 0 Å². The number of halogens is 1. The Morgan fingerprint density at radius 1 is 0.586 bits per heavy atom. The van der Waals surface area contributed by atoms with Gasteiger partial charge in [-0.25, -0.2) is 9.36 Å². The lowest BCUT2D eigenvalue weighted by Gasteiger charge is -2.14. The molecule has 0 spiro atoms. The Morgan fingerprint density at radius 3 is 1.66 bits per heavy atom. The maximum atomic E-state index is 13.1. The molecule has 0 atom stereocenters. The molecule has 58 heavy (non-hydrogen) atoms. The molecule has 288 valence electrons. The van der Waals surface area contributed by atoms with Gasteiger partial charge in [0, 0.05) is 35.0 Å². The summed E-state index contributed by atoms with van der Waals surface area (Å²) in [6, 6.07) is 45.5. The van der Waals surface area contributed by atoms with E-state index in [1.165, 1.54) is 0 Å². The number of hydrogen-bond donors (Lipinski definition) is 2. The van der Waals surface area contributed by atoms with Crippen LogP contribution in [0.15, 0.2) is 149 Å². The van der Waals surface area contributed by atoms with Crippen molar-refractivity contribution in [1.29, 1.82) is 0 Å². The molecule has 2 amide bonds. The third-order valence-electron chi connectivity index (χ3n) is 9.91. The summed E-state index contributed by atoms with van der Waals surface area (Å²) in [5.41, 5.74) is 7.99. The Labute approximate surface area is 345 Å². The van der Waals surface area contributed by atoms with Crippen molar-refractivity contribution >= 4 is 66.5 Å². The SMILES string of the molecule is Cc1cc(C(=O)Nc2ccc(C3=NCCN3C)cc2)n(-c2ccc3cc(Br)ccc3c2)n1.Cc1ccc(NC(=O)c2cc(C)nn2-c2ccc3ccccc3c2)cc1. The van der Waals surface area contributed by atoms with Crippen LogP contribution in [0.3, 0.4) is 0 Å². The summed E-state index contributed by atoms with van der Waals surface area (Å²) in [5.74, 6) is 0.604. The summed E-state index contributed by atoms with van der Waals surface area (Å²) < 4.78 is 4.43. The van der Waals surface area contributed by atoms with Crippen LogP contribution in [0.5, 0.6) is 0 Å². The van der Waals surface area contributed by atoms with E-state index in [2.05, 4.69) is 64.9 Å². The molecule has 1 aliphatic heterocycles. The van der Waals surface area contributed by atoms with Crippen molar-refractivity contribution in [3.8, 4) is 11.4 Å². The molecule has 0 unspecified atom stereocenters. The zero-order valence-electron chi connectivity index (χ0n) is 32.6. The third-order valence-corrected chi connectivity index (χ3v) is 10.4. The standard InChI is InChI=1S/C25H22BrN5O.C22H19N3O/c1-16-13-23(31(29-16)22-10-6-18-14-20(26)7-3-19(18)15-22)25(32)28-21-8-4-17(5-9-21)24-27-11-12-30(24)2;1-15-7-10-19(11-8-15)23-22(26)21-13-16(2)24-25(21)20-12-9-17-5-3-4-6-18(17)14-20/h3-10,13-15H,11-12H2,1-2H3,(H,28,32);3-14H,1-2H3,(H,23,26). The van der Waals surface area contributed by atoms with Gasteiger partial charge in [0.2, 0.25) is 0 Å². The number of nitrogens with zero attached hydrogens (tertiary/aromatic N) is 6. The average molecular weight is 830 g/mol. The topological polar surface area (TPSA) is 109 Å². The highest BCUT2D eigenvalue weighted by atomic mass is 79.9. The van der Waals surface area contributed by atoms with E-state index in [1.54, 1.807) is 21.5 Å². The summed E-state index contributed by atoms with van der Waals surface area (Å²) in [5, 5.41) is 19.5. The summed E-state index contributed by atoms with van der Waals surface area (Å²) in [6.07, 6.45) is 0. The fourth-order valence-electron chi connectivity index (χ4n) is 6.93. The summed E-state index contributed by atoms with van der Waals surface area (Å²) in [6.45, 7) is 7.55. The van der Waals surface area contributed by atoms with Crippen molar-refractivity contribution < 1.29 is 9.59 Å². The molecule has 2 aromatic heterocycles. The maximum Gasteiger partial charge on any atom is 0.274 e. The number of carbonyl (C=O) groups is 2. The number of benzene rings is 6. The zero-order valence-corrected chi connectivity index (χ0v) is 34.2. The molecule has 0 fully saturated rings. The van der Waals surface area contributed by atoms with E-state index in [1.807, 2.05) is 137 Å². The van der Waals surface area contributed by atoms with Gasteiger partial charge < -0.3 is 15.5 Å². The van der Waals surface area contributed by atoms with Crippen molar-refractivity contribution in [3.63, 3.8) is 0 Å². The summed E-state index contributed by atoms with van der Waals surface area (Å²) in [4.78, 5) is 32.6. The van der Waals surface area contributed by atoms with Crippen LogP contribution >= 0.6 is 15.9 Å². The molecule has 0 bridgehead atoms. The van der Waals surface area contributed by atoms with Crippen molar-refractivity contribution in [2.45, 2.75) is 20.8 Å². The highest BCUT2D eigenvalue weighted by Gasteiger charge is 2.19.